The molecule has 100 valence electrons. The van der Waals surface area contributed by atoms with Crippen molar-refractivity contribution in [1.29, 1.82) is 0 Å². The van der Waals surface area contributed by atoms with E-state index in [4.69, 9.17) is 11.6 Å². The molecule has 0 unspecified atom stereocenters. The number of carbonyl (C=O) groups excluding carboxylic acids is 1. The van der Waals surface area contributed by atoms with Crippen molar-refractivity contribution in [1.82, 2.24) is 10.2 Å². The molecule has 0 aliphatic carbocycles. The Morgan fingerprint density at radius 1 is 1.44 bits per heavy atom. The van der Waals surface area contributed by atoms with E-state index in [1.54, 1.807) is 12.1 Å². The molecule has 0 heterocycles. The second-order valence-electron chi connectivity index (χ2n) is 4.00. The first-order chi connectivity index (χ1) is 8.58. The highest BCUT2D eigenvalue weighted by Crippen LogP contribution is 2.27. The van der Waals surface area contributed by atoms with Crippen molar-refractivity contribution in [2.75, 3.05) is 19.6 Å². The Morgan fingerprint density at radius 3 is 2.78 bits per heavy atom. The molecule has 18 heavy (non-hydrogen) atoms. The van der Waals surface area contributed by atoms with Gasteiger partial charge in [0.2, 0.25) is 5.91 Å². The Balaban J connectivity index is 2.68. The number of nitrogens with one attached hydrogen (secondary N) is 1. The molecule has 0 aliphatic rings. The van der Waals surface area contributed by atoms with Gasteiger partial charge in [-0.1, -0.05) is 30.7 Å². The molecule has 0 radical (unpaired) electrons. The minimum atomic E-state index is -0.0131. The maximum Gasteiger partial charge on any atom is 0.234 e. The molecule has 0 saturated heterocycles. The van der Waals surface area contributed by atoms with Gasteiger partial charge in [-0.2, -0.15) is 0 Å². The van der Waals surface area contributed by atoms with Gasteiger partial charge in [-0.3, -0.25) is 9.69 Å². The van der Waals surface area contributed by atoms with Crippen LogP contribution in [0, 0.1) is 0 Å². The molecule has 1 amide bonds. The molecule has 0 fully saturated rings. The van der Waals surface area contributed by atoms with Gasteiger partial charge in [-0.15, -0.1) is 0 Å². The van der Waals surface area contributed by atoms with Gasteiger partial charge < -0.3 is 10.4 Å². The smallest absolute Gasteiger partial charge is 0.234 e. The topological polar surface area (TPSA) is 52.6 Å². The highest BCUT2D eigenvalue weighted by molar-refractivity contribution is 6.32. The van der Waals surface area contributed by atoms with Gasteiger partial charge in [0, 0.05) is 18.7 Å². The number of carbonyl (C=O) groups is 1. The normalized spacial score (nSPS) is 10.7. The fourth-order valence-corrected chi connectivity index (χ4v) is 1.86. The summed E-state index contributed by atoms with van der Waals surface area (Å²) in [5.74, 6) is 0.0781. The summed E-state index contributed by atoms with van der Waals surface area (Å²) in [4.78, 5) is 13.5. The number of hydrogen-bond donors (Lipinski definition) is 2. The van der Waals surface area contributed by atoms with E-state index in [2.05, 4.69) is 5.32 Å². The average Bonchev–Trinajstić information content (AvgIpc) is 2.34. The predicted molar refractivity (Wildman–Crippen MR) is 72.8 cm³/mol. The van der Waals surface area contributed by atoms with Crippen molar-refractivity contribution < 1.29 is 9.90 Å². The van der Waals surface area contributed by atoms with Crippen molar-refractivity contribution in [3.63, 3.8) is 0 Å². The van der Waals surface area contributed by atoms with Crippen LogP contribution in [0.1, 0.15) is 19.4 Å². The van der Waals surface area contributed by atoms with Crippen LogP contribution in [0.5, 0.6) is 5.75 Å². The van der Waals surface area contributed by atoms with Crippen LogP contribution < -0.4 is 5.32 Å². The number of aromatic hydroxyl groups is 1. The largest absolute Gasteiger partial charge is 0.506 e. The number of phenolic OH excluding ortho intramolecular Hbond substituents is 1. The summed E-state index contributed by atoms with van der Waals surface area (Å²) in [6.07, 6.45) is 0. The average molecular weight is 271 g/mol. The molecule has 1 aromatic rings. The predicted octanol–water partition coefficient (Wildman–Crippen LogP) is 2.00. The Labute approximate surface area is 113 Å². The van der Waals surface area contributed by atoms with Crippen LogP contribution >= 0.6 is 11.6 Å². The third-order valence-corrected chi connectivity index (χ3v) is 2.96. The number of hydrogen-bond acceptors (Lipinski definition) is 3. The molecule has 1 aromatic carbocycles. The van der Waals surface area contributed by atoms with Crippen molar-refractivity contribution in [2.24, 2.45) is 0 Å². The lowest BCUT2D eigenvalue weighted by Crippen LogP contribution is -2.36. The molecule has 0 aliphatic heterocycles. The minimum Gasteiger partial charge on any atom is -0.506 e. The number of para-hydroxylation sites is 1. The second kappa shape index (κ2) is 7.24. The first-order valence-corrected chi connectivity index (χ1v) is 6.41. The quantitative estimate of drug-likeness (QED) is 0.831. The Kier molecular flexibility index (Phi) is 5.95. The Bertz CT molecular complexity index is 410. The zero-order valence-electron chi connectivity index (χ0n) is 10.7. The third-order valence-electron chi connectivity index (χ3n) is 2.65. The summed E-state index contributed by atoms with van der Waals surface area (Å²) in [5, 5.41) is 12.9. The Morgan fingerprint density at radius 2 is 2.17 bits per heavy atom. The molecule has 0 saturated carbocycles. The molecule has 1 rings (SSSR count). The molecule has 0 spiro atoms. The monoisotopic (exact) mass is 270 g/mol. The van der Waals surface area contributed by atoms with Crippen LogP contribution in [-0.4, -0.2) is 35.5 Å². The summed E-state index contributed by atoms with van der Waals surface area (Å²) in [6, 6.07) is 5.24. The van der Waals surface area contributed by atoms with E-state index in [-0.39, 0.29) is 11.7 Å². The van der Waals surface area contributed by atoms with Crippen LogP contribution in [0.2, 0.25) is 5.02 Å². The first-order valence-electron chi connectivity index (χ1n) is 6.03. The molecule has 2 N–H and O–H groups in total. The van der Waals surface area contributed by atoms with E-state index >= 15 is 0 Å². The SMILES string of the molecule is CCNC(=O)CN(CC)Cc1cccc(Cl)c1O. The van der Waals surface area contributed by atoms with Crippen molar-refractivity contribution in [2.45, 2.75) is 20.4 Å². The number of halogens is 1. The number of rotatable bonds is 6. The summed E-state index contributed by atoms with van der Waals surface area (Å²) in [5.41, 5.74) is 0.730. The van der Waals surface area contributed by atoms with Gasteiger partial charge in [0.25, 0.3) is 0 Å². The fourth-order valence-electron chi connectivity index (χ4n) is 1.66. The van der Waals surface area contributed by atoms with Crippen LogP contribution in [0.3, 0.4) is 0 Å². The molecule has 5 heteroatoms. The van der Waals surface area contributed by atoms with Crippen molar-refractivity contribution in [3.8, 4) is 5.75 Å². The Hall–Kier alpha value is -1.26. The van der Waals surface area contributed by atoms with Crippen LogP contribution in [0.25, 0.3) is 0 Å². The molecular formula is C13H19ClN2O2. The highest BCUT2D eigenvalue weighted by atomic mass is 35.5. The van der Waals surface area contributed by atoms with Gasteiger partial charge in [0.05, 0.1) is 11.6 Å². The van der Waals surface area contributed by atoms with Gasteiger partial charge in [0.1, 0.15) is 5.75 Å². The highest BCUT2D eigenvalue weighted by Gasteiger charge is 2.12. The van der Waals surface area contributed by atoms with Crippen LogP contribution in [0.4, 0.5) is 0 Å². The van der Waals surface area contributed by atoms with E-state index in [9.17, 15) is 9.90 Å². The van der Waals surface area contributed by atoms with Gasteiger partial charge in [0.15, 0.2) is 0 Å². The summed E-state index contributed by atoms with van der Waals surface area (Å²) in [7, 11) is 0. The standard InChI is InChI=1S/C13H19ClN2O2/c1-3-15-12(17)9-16(4-2)8-10-6-5-7-11(14)13(10)18/h5-7,18H,3-4,8-9H2,1-2H3,(H,15,17). The molecular weight excluding hydrogens is 252 g/mol. The minimum absolute atomic E-state index is 0.0131. The lowest BCUT2D eigenvalue weighted by molar-refractivity contribution is -0.122. The number of amides is 1. The summed E-state index contributed by atoms with van der Waals surface area (Å²) < 4.78 is 0. The number of likely N-dealkylation sites (N-methyl/N-ethyl adjacent to an activating group) is 2. The molecule has 4 nitrogen and oxygen atoms in total. The number of phenols is 1. The van der Waals surface area contributed by atoms with E-state index in [1.807, 2.05) is 24.8 Å². The lowest BCUT2D eigenvalue weighted by atomic mass is 10.2. The molecule has 0 aromatic heterocycles. The van der Waals surface area contributed by atoms with Crippen LogP contribution in [-0.2, 0) is 11.3 Å². The molecule has 0 bridgehead atoms. The maximum atomic E-state index is 11.5. The number of nitrogens with zero attached hydrogens (tertiary/aromatic N) is 1. The third kappa shape index (κ3) is 4.20. The number of benzene rings is 1. The van der Waals surface area contributed by atoms with E-state index in [0.717, 1.165) is 12.1 Å². The van der Waals surface area contributed by atoms with Crippen molar-refractivity contribution in [3.05, 3.63) is 28.8 Å². The van der Waals surface area contributed by atoms with Gasteiger partial charge in [-0.05, 0) is 19.5 Å². The first kappa shape index (κ1) is 14.8. The zero-order valence-corrected chi connectivity index (χ0v) is 11.5. The van der Waals surface area contributed by atoms with Gasteiger partial charge >= 0.3 is 0 Å². The summed E-state index contributed by atoms with van der Waals surface area (Å²) in [6.45, 7) is 6.02. The van der Waals surface area contributed by atoms with Gasteiger partial charge in [-0.25, -0.2) is 0 Å². The van der Waals surface area contributed by atoms with E-state index in [1.165, 1.54) is 0 Å². The molecule has 0 atom stereocenters. The van der Waals surface area contributed by atoms with Crippen LogP contribution in [0.15, 0.2) is 18.2 Å². The lowest BCUT2D eigenvalue weighted by Gasteiger charge is -2.20. The fraction of sp³-hybridized carbons (Fsp3) is 0.462. The van der Waals surface area contributed by atoms with E-state index in [0.29, 0.717) is 24.7 Å². The van der Waals surface area contributed by atoms with E-state index < -0.39 is 0 Å². The summed E-state index contributed by atoms with van der Waals surface area (Å²) >= 11 is 5.85. The van der Waals surface area contributed by atoms with Crippen molar-refractivity contribution >= 4 is 17.5 Å². The maximum absolute atomic E-state index is 11.5. The zero-order chi connectivity index (χ0) is 13.5. The second-order valence-corrected chi connectivity index (χ2v) is 4.41.